The second-order valence-electron chi connectivity index (χ2n) is 4.54. The van der Waals surface area contributed by atoms with Crippen LogP contribution in [0.1, 0.15) is 21.7 Å². The van der Waals surface area contributed by atoms with Crippen LogP contribution in [0.2, 0.25) is 0 Å². The quantitative estimate of drug-likeness (QED) is 0.743. The first-order valence-electron chi connectivity index (χ1n) is 6.58. The van der Waals surface area contributed by atoms with Crippen molar-refractivity contribution in [3.63, 3.8) is 0 Å². The molecule has 21 heavy (non-hydrogen) atoms. The molecule has 0 bridgehead atoms. The van der Waals surface area contributed by atoms with Crippen LogP contribution in [-0.4, -0.2) is 34.5 Å². The Labute approximate surface area is 121 Å². The standard InChI is InChI=1S/C14H17N5O2/c1-9-7-11(19-14(15-2)18-9)13(21)16-6-5-10-3-4-12(20)17-8-10/h3-4,7-8H,5-6H2,1-2H3,(H,16,21)(H,17,20)(H,15,18,19). The molecule has 2 aromatic rings. The number of anilines is 1. The number of H-pyrrole nitrogens is 1. The Morgan fingerprint density at radius 3 is 2.81 bits per heavy atom. The van der Waals surface area contributed by atoms with Crippen LogP contribution < -0.4 is 16.2 Å². The van der Waals surface area contributed by atoms with E-state index in [1.54, 1.807) is 32.3 Å². The molecule has 2 rings (SSSR count). The number of hydrogen-bond donors (Lipinski definition) is 3. The van der Waals surface area contributed by atoms with Gasteiger partial charge in [-0.05, 0) is 25.0 Å². The molecule has 0 aliphatic heterocycles. The molecule has 2 heterocycles. The van der Waals surface area contributed by atoms with Crippen LogP contribution in [-0.2, 0) is 6.42 Å². The molecule has 0 fully saturated rings. The maximum Gasteiger partial charge on any atom is 0.270 e. The van der Waals surface area contributed by atoms with Crippen LogP contribution in [0.3, 0.4) is 0 Å². The van der Waals surface area contributed by atoms with Gasteiger partial charge in [-0.1, -0.05) is 6.07 Å². The van der Waals surface area contributed by atoms with Crippen LogP contribution in [0.25, 0.3) is 0 Å². The third kappa shape index (κ3) is 4.13. The van der Waals surface area contributed by atoms with Gasteiger partial charge in [-0.25, -0.2) is 9.97 Å². The number of carbonyl (C=O) groups is 1. The number of nitrogens with zero attached hydrogens (tertiary/aromatic N) is 2. The van der Waals surface area contributed by atoms with E-state index in [4.69, 9.17) is 0 Å². The molecule has 0 unspecified atom stereocenters. The van der Waals surface area contributed by atoms with Crippen molar-refractivity contribution in [2.24, 2.45) is 0 Å². The minimum absolute atomic E-state index is 0.140. The number of amides is 1. The first-order chi connectivity index (χ1) is 10.1. The zero-order valence-corrected chi connectivity index (χ0v) is 11.9. The average Bonchev–Trinajstić information content (AvgIpc) is 2.48. The van der Waals surface area contributed by atoms with E-state index in [2.05, 4.69) is 25.6 Å². The highest BCUT2D eigenvalue weighted by molar-refractivity contribution is 5.92. The van der Waals surface area contributed by atoms with Gasteiger partial charge < -0.3 is 15.6 Å². The summed E-state index contributed by atoms with van der Waals surface area (Å²) in [6, 6.07) is 4.83. The Balaban J connectivity index is 1.94. The van der Waals surface area contributed by atoms with Crippen molar-refractivity contribution in [2.45, 2.75) is 13.3 Å². The van der Waals surface area contributed by atoms with E-state index in [9.17, 15) is 9.59 Å². The van der Waals surface area contributed by atoms with E-state index in [-0.39, 0.29) is 11.5 Å². The summed E-state index contributed by atoms with van der Waals surface area (Å²) in [4.78, 5) is 33.8. The summed E-state index contributed by atoms with van der Waals surface area (Å²) in [7, 11) is 1.70. The molecule has 0 saturated carbocycles. The third-order valence-electron chi connectivity index (χ3n) is 2.86. The summed E-state index contributed by atoms with van der Waals surface area (Å²) in [5.74, 6) is 0.169. The SMILES string of the molecule is CNc1nc(C)cc(C(=O)NCCc2ccc(=O)[nH]c2)n1. The molecule has 0 aliphatic rings. The Morgan fingerprint density at radius 2 is 2.14 bits per heavy atom. The van der Waals surface area contributed by atoms with Gasteiger partial charge in [0, 0.05) is 31.5 Å². The fourth-order valence-corrected chi connectivity index (χ4v) is 1.81. The van der Waals surface area contributed by atoms with Gasteiger partial charge >= 0.3 is 0 Å². The third-order valence-corrected chi connectivity index (χ3v) is 2.86. The molecule has 0 atom stereocenters. The number of aryl methyl sites for hydroxylation is 1. The van der Waals surface area contributed by atoms with Crippen molar-refractivity contribution < 1.29 is 4.79 Å². The normalized spacial score (nSPS) is 10.2. The number of aromatic amines is 1. The molecule has 110 valence electrons. The van der Waals surface area contributed by atoms with Crippen molar-refractivity contribution in [1.29, 1.82) is 0 Å². The fourth-order valence-electron chi connectivity index (χ4n) is 1.81. The van der Waals surface area contributed by atoms with Gasteiger partial charge in [0.05, 0.1) is 0 Å². The van der Waals surface area contributed by atoms with Gasteiger partial charge in [0.2, 0.25) is 11.5 Å². The summed E-state index contributed by atoms with van der Waals surface area (Å²) in [6.45, 7) is 2.27. The number of hydrogen-bond acceptors (Lipinski definition) is 5. The lowest BCUT2D eigenvalue weighted by Gasteiger charge is -2.07. The fraction of sp³-hybridized carbons (Fsp3) is 0.286. The molecule has 0 aromatic carbocycles. The van der Waals surface area contributed by atoms with E-state index in [0.29, 0.717) is 24.6 Å². The second-order valence-corrected chi connectivity index (χ2v) is 4.54. The number of aromatic nitrogens is 3. The molecule has 3 N–H and O–H groups in total. The second kappa shape index (κ2) is 6.65. The topological polar surface area (TPSA) is 99.8 Å². The lowest BCUT2D eigenvalue weighted by molar-refractivity contribution is 0.0949. The summed E-state index contributed by atoms with van der Waals surface area (Å²) < 4.78 is 0. The maximum atomic E-state index is 12.0. The average molecular weight is 287 g/mol. The van der Waals surface area contributed by atoms with E-state index >= 15 is 0 Å². The van der Waals surface area contributed by atoms with Crippen LogP contribution in [0, 0.1) is 6.92 Å². The van der Waals surface area contributed by atoms with Gasteiger partial charge in [-0.3, -0.25) is 9.59 Å². The highest BCUT2D eigenvalue weighted by Crippen LogP contribution is 2.04. The lowest BCUT2D eigenvalue weighted by atomic mass is 10.2. The molecule has 0 saturated heterocycles. The summed E-state index contributed by atoms with van der Waals surface area (Å²) in [5.41, 5.74) is 1.86. The molecular weight excluding hydrogens is 270 g/mol. The first kappa shape index (κ1) is 14.7. The molecule has 2 aromatic heterocycles. The monoisotopic (exact) mass is 287 g/mol. The van der Waals surface area contributed by atoms with E-state index < -0.39 is 0 Å². The smallest absolute Gasteiger partial charge is 0.270 e. The minimum Gasteiger partial charge on any atom is -0.357 e. The van der Waals surface area contributed by atoms with Crippen molar-refractivity contribution >= 4 is 11.9 Å². The van der Waals surface area contributed by atoms with E-state index in [1.165, 1.54) is 6.07 Å². The minimum atomic E-state index is -0.249. The molecule has 7 heteroatoms. The van der Waals surface area contributed by atoms with E-state index in [0.717, 1.165) is 11.3 Å². The molecule has 0 spiro atoms. The molecule has 7 nitrogen and oxygen atoms in total. The van der Waals surface area contributed by atoms with E-state index in [1.807, 2.05) is 0 Å². The van der Waals surface area contributed by atoms with Gasteiger partial charge in [-0.2, -0.15) is 0 Å². The Morgan fingerprint density at radius 1 is 1.33 bits per heavy atom. The van der Waals surface area contributed by atoms with Crippen molar-refractivity contribution in [1.82, 2.24) is 20.3 Å². The summed E-state index contributed by atoms with van der Waals surface area (Å²) in [5, 5.41) is 5.61. The Kier molecular flexibility index (Phi) is 4.65. The predicted octanol–water partition coefficient (Wildman–Crippen LogP) is 0.488. The van der Waals surface area contributed by atoms with Crippen molar-refractivity contribution in [2.75, 3.05) is 18.9 Å². The number of carbonyl (C=O) groups excluding carboxylic acids is 1. The van der Waals surface area contributed by atoms with Gasteiger partial charge in [0.25, 0.3) is 5.91 Å². The molecule has 0 aliphatic carbocycles. The summed E-state index contributed by atoms with van der Waals surface area (Å²) in [6.07, 6.45) is 2.27. The summed E-state index contributed by atoms with van der Waals surface area (Å²) >= 11 is 0. The van der Waals surface area contributed by atoms with Crippen LogP contribution in [0.4, 0.5) is 5.95 Å². The zero-order chi connectivity index (χ0) is 15.2. The van der Waals surface area contributed by atoms with Gasteiger partial charge in [-0.15, -0.1) is 0 Å². The molecule has 1 amide bonds. The largest absolute Gasteiger partial charge is 0.357 e. The molecular formula is C14H17N5O2. The predicted molar refractivity (Wildman–Crippen MR) is 79.4 cm³/mol. The van der Waals surface area contributed by atoms with Crippen molar-refractivity contribution in [3.8, 4) is 0 Å². The Bertz CT molecular complexity index is 676. The zero-order valence-electron chi connectivity index (χ0n) is 11.9. The number of nitrogens with one attached hydrogen (secondary N) is 3. The van der Waals surface area contributed by atoms with Gasteiger partial charge in [0.1, 0.15) is 5.69 Å². The van der Waals surface area contributed by atoms with Crippen LogP contribution >= 0.6 is 0 Å². The first-order valence-corrected chi connectivity index (χ1v) is 6.58. The number of pyridine rings is 1. The lowest BCUT2D eigenvalue weighted by Crippen LogP contribution is -2.27. The Hall–Kier alpha value is -2.70. The van der Waals surface area contributed by atoms with Crippen molar-refractivity contribution in [3.05, 3.63) is 51.7 Å². The maximum absolute atomic E-state index is 12.0. The number of rotatable bonds is 5. The highest BCUT2D eigenvalue weighted by atomic mass is 16.1. The van der Waals surface area contributed by atoms with Gasteiger partial charge in [0.15, 0.2) is 0 Å². The van der Waals surface area contributed by atoms with Crippen LogP contribution in [0.15, 0.2) is 29.2 Å². The highest BCUT2D eigenvalue weighted by Gasteiger charge is 2.09. The molecule has 0 radical (unpaired) electrons. The van der Waals surface area contributed by atoms with Crippen LogP contribution in [0.5, 0.6) is 0 Å².